The molecule has 2 amide bonds. The number of hydrogen-bond donors (Lipinski definition) is 3. The summed E-state index contributed by atoms with van der Waals surface area (Å²) in [6.07, 6.45) is 14.7. The Bertz CT molecular complexity index is 1040. The molecule has 1 saturated carbocycles. The van der Waals surface area contributed by atoms with Crippen LogP contribution in [0.3, 0.4) is 0 Å². The van der Waals surface area contributed by atoms with Crippen LogP contribution in [0.15, 0.2) is 70.6 Å². The van der Waals surface area contributed by atoms with Crippen LogP contribution in [0.5, 0.6) is 0 Å². The van der Waals surface area contributed by atoms with Gasteiger partial charge in [-0.2, -0.15) is 6.42 Å². The van der Waals surface area contributed by atoms with Crippen molar-refractivity contribution in [2.45, 2.75) is 59.8 Å². The van der Waals surface area contributed by atoms with Crippen molar-refractivity contribution in [2.24, 2.45) is 21.8 Å². The summed E-state index contributed by atoms with van der Waals surface area (Å²) in [5.41, 5.74) is 1.45. The van der Waals surface area contributed by atoms with E-state index in [-0.39, 0.29) is 48.6 Å². The van der Waals surface area contributed by atoms with Crippen molar-refractivity contribution in [3.63, 3.8) is 0 Å². The summed E-state index contributed by atoms with van der Waals surface area (Å²) in [5.74, 6) is 6.59. The Labute approximate surface area is 278 Å². The van der Waals surface area contributed by atoms with Gasteiger partial charge in [0.25, 0.3) is 5.91 Å². The molecule has 0 aromatic carbocycles. The van der Waals surface area contributed by atoms with Gasteiger partial charge in [-0.3, -0.25) is 14.6 Å². The number of nitrogens with one attached hydrogen (secondary N) is 3. The zero-order valence-corrected chi connectivity index (χ0v) is 30.6. The van der Waals surface area contributed by atoms with Gasteiger partial charge in [-0.05, 0) is 56.3 Å². The molecule has 1 aliphatic carbocycles. The van der Waals surface area contributed by atoms with Gasteiger partial charge in [0, 0.05) is 69.1 Å². The SMILES string of the molecule is C=C/C=C(\CC#CC)N=C(C=NC)C(=O)NCCC1CC(CNC(=O)/C=C/C(=C/C=N)C(=C)OC)C1.CC.[CH2-]CC.[U]. The molecule has 0 aromatic heterocycles. The minimum absolute atomic E-state index is 0. The first kappa shape index (κ1) is 43.5. The molecule has 9 heteroatoms. The van der Waals surface area contributed by atoms with Crippen LogP contribution in [-0.4, -0.2) is 57.2 Å². The Morgan fingerprint density at radius 3 is 2.33 bits per heavy atom. The first-order chi connectivity index (χ1) is 19.8. The monoisotopic (exact) mass is 802 g/mol. The molecule has 0 atom stereocenters. The molecule has 0 bridgehead atoms. The zero-order valence-electron chi connectivity index (χ0n) is 26.4. The second kappa shape index (κ2) is 29.6. The van der Waals surface area contributed by atoms with E-state index in [1.165, 1.54) is 25.5 Å². The molecule has 0 spiro atoms. The van der Waals surface area contributed by atoms with Crippen molar-refractivity contribution in [3.8, 4) is 11.8 Å². The summed E-state index contributed by atoms with van der Waals surface area (Å²) in [6, 6.07) is 0. The first-order valence-electron chi connectivity index (χ1n) is 14.0. The van der Waals surface area contributed by atoms with E-state index in [2.05, 4.69) is 52.5 Å². The number of allylic oxidation sites excluding steroid dienone is 5. The summed E-state index contributed by atoms with van der Waals surface area (Å²) in [6.45, 7) is 19.8. The van der Waals surface area contributed by atoms with Gasteiger partial charge in [0.05, 0.1) is 25.4 Å². The maximum absolute atomic E-state index is 12.6. The molecule has 0 saturated heterocycles. The van der Waals surface area contributed by atoms with E-state index in [0.29, 0.717) is 48.4 Å². The van der Waals surface area contributed by atoms with E-state index in [0.717, 1.165) is 31.9 Å². The van der Waals surface area contributed by atoms with E-state index in [1.54, 1.807) is 32.2 Å². The molecule has 1 aliphatic rings. The first-order valence-corrected chi connectivity index (χ1v) is 14.0. The molecular weight excluding hydrogens is 752 g/mol. The van der Waals surface area contributed by atoms with Gasteiger partial charge in [-0.15, -0.1) is 5.92 Å². The largest absolute Gasteiger partial charge is 0.497 e. The summed E-state index contributed by atoms with van der Waals surface area (Å²) in [7, 11) is 3.08. The molecular formula is C33H50N5O3U-. The van der Waals surface area contributed by atoms with Gasteiger partial charge in [0.2, 0.25) is 5.91 Å². The topological polar surface area (TPSA) is 116 Å². The van der Waals surface area contributed by atoms with Crippen molar-refractivity contribution >= 4 is 30.0 Å². The maximum Gasteiger partial charge on any atom is 0.271 e. The van der Waals surface area contributed by atoms with E-state index in [4.69, 9.17) is 10.1 Å². The van der Waals surface area contributed by atoms with Gasteiger partial charge < -0.3 is 27.7 Å². The Morgan fingerprint density at radius 2 is 1.81 bits per heavy atom. The number of hydrogen-bond acceptors (Lipinski definition) is 6. The Kier molecular flexibility index (Phi) is 30.6. The summed E-state index contributed by atoms with van der Waals surface area (Å²) in [4.78, 5) is 33.0. The van der Waals surface area contributed by atoms with Crippen LogP contribution in [0.4, 0.5) is 0 Å². The predicted octanol–water partition coefficient (Wildman–Crippen LogP) is 5.81. The van der Waals surface area contributed by atoms with Crippen LogP contribution < -0.4 is 10.6 Å². The number of methoxy groups -OCH3 is 1. The van der Waals surface area contributed by atoms with Crippen LogP contribution in [0, 0.1) is 67.1 Å². The molecule has 1 rings (SSSR count). The van der Waals surface area contributed by atoms with Crippen LogP contribution in [0.25, 0.3) is 0 Å². The molecule has 230 valence electrons. The molecule has 0 radical (unpaired) electrons. The number of amides is 2. The van der Waals surface area contributed by atoms with Gasteiger partial charge in [0.15, 0.2) is 0 Å². The van der Waals surface area contributed by atoms with Crippen LogP contribution in [0.1, 0.15) is 59.8 Å². The summed E-state index contributed by atoms with van der Waals surface area (Å²) < 4.78 is 5.05. The van der Waals surface area contributed by atoms with Gasteiger partial charge in [-0.25, -0.2) is 4.99 Å². The van der Waals surface area contributed by atoms with Crippen molar-refractivity contribution < 1.29 is 45.4 Å². The Balaban J connectivity index is -0.00000237. The van der Waals surface area contributed by atoms with Crippen molar-refractivity contribution in [1.82, 2.24) is 10.6 Å². The minimum atomic E-state index is -0.275. The second-order valence-corrected chi connectivity index (χ2v) is 8.62. The Morgan fingerprint density at radius 1 is 1.17 bits per heavy atom. The molecule has 0 aliphatic heterocycles. The van der Waals surface area contributed by atoms with E-state index >= 15 is 0 Å². The minimum Gasteiger partial charge on any atom is -0.497 e. The fourth-order valence-corrected chi connectivity index (χ4v) is 3.54. The summed E-state index contributed by atoms with van der Waals surface area (Å²) in [5, 5.41) is 13.0. The van der Waals surface area contributed by atoms with E-state index in [1.807, 2.05) is 20.8 Å². The molecule has 0 heterocycles. The maximum atomic E-state index is 12.6. The number of rotatable bonds is 15. The molecule has 8 nitrogen and oxygen atoms in total. The average molecular weight is 803 g/mol. The normalized spacial score (nSPS) is 16.1. The van der Waals surface area contributed by atoms with Crippen LogP contribution in [-0.2, 0) is 14.3 Å². The smallest absolute Gasteiger partial charge is 0.271 e. The number of carbonyl (C=O) groups excluding carboxylic acids is 2. The number of ether oxygens (including phenoxy) is 1. The van der Waals surface area contributed by atoms with Crippen LogP contribution >= 0.6 is 0 Å². The molecule has 0 aromatic rings. The third-order valence-corrected chi connectivity index (χ3v) is 5.49. The van der Waals surface area contributed by atoms with Crippen molar-refractivity contribution in [1.29, 1.82) is 5.41 Å². The number of carbonyl (C=O) groups is 2. The average Bonchev–Trinajstić information content (AvgIpc) is 2.95. The van der Waals surface area contributed by atoms with Crippen LogP contribution in [0.2, 0.25) is 0 Å². The van der Waals surface area contributed by atoms with Gasteiger partial charge >= 0.3 is 0 Å². The standard InChI is InChI=1S/C28H37N5O3.C3H7.C2H6.U/c1-6-8-10-25(9-7-2)33-26(20-30-4)28(35)31-16-14-22-17-23(18-22)19-32-27(34)12-11-24(13-15-29)21(3)36-5;1-3-2;1-2;/h7,9,11-13,15,20,22-23,29H,2-3,10,14,16-19H2,1,4-5H3,(H,31,35)(H,32,34);1,3H2,2H3;1-2H3;/q;-1;;/b12-11+,24-13-,25-9+,29-15?,30-20?,33-26?;;;. The molecule has 3 N–H and O–H groups in total. The number of nitrogens with zero attached hydrogens (tertiary/aromatic N) is 2. The third-order valence-electron chi connectivity index (χ3n) is 5.49. The fraction of sp³-hybridized carbons (Fsp3) is 0.455. The Hall–Kier alpha value is -2.94. The van der Waals surface area contributed by atoms with Gasteiger partial charge in [-0.1, -0.05) is 45.9 Å². The van der Waals surface area contributed by atoms with E-state index in [9.17, 15) is 9.59 Å². The van der Waals surface area contributed by atoms with Crippen molar-refractivity contribution in [3.05, 3.63) is 67.5 Å². The molecule has 42 heavy (non-hydrogen) atoms. The number of aliphatic imine (C=N–C) groups is 2. The quantitative estimate of drug-likeness (QED) is 0.0485. The second-order valence-electron chi connectivity index (χ2n) is 8.62. The molecule has 0 unspecified atom stereocenters. The third kappa shape index (κ3) is 20.9. The predicted molar refractivity (Wildman–Crippen MR) is 174 cm³/mol. The molecule has 1 fully saturated rings. The van der Waals surface area contributed by atoms with Gasteiger partial charge in [0.1, 0.15) is 11.5 Å². The zero-order chi connectivity index (χ0) is 31.5. The fourth-order valence-electron chi connectivity index (χ4n) is 3.54. The van der Waals surface area contributed by atoms with E-state index < -0.39 is 0 Å². The summed E-state index contributed by atoms with van der Waals surface area (Å²) >= 11 is 0. The van der Waals surface area contributed by atoms with Crippen molar-refractivity contribution in [2.75, 3.05) is 27.2 Å².